The molecular formula is C15H12N2O2. The number of hydrogen-bond donors (Lipinski definition) is 0. The fourth-order valence-electron chi connectivity index (χ4n) is 2.34. The molecule has 4 heteroatoms. The summed E-state index contributed by atoms with van der Waals surface area (Å²) >= 11 is 0. The number of benzene rings is 1. The Morgan fingerprint density at radius 1 is 1.05 bits per heavy atom. The lowest BCUT2D eigenvalue weighted by Gasteiger charge is -2.16. The lowest BCUT2D eigenvalue weighted by molar-refractivity contribution is 0.0924. The molecule has 2 aromatic rings. The van der Waals surface area contributed by atoms with E-state index in [9.17, 15) is 9.59 Å². The first-order valence-corrected chi connectivity index (χ1v) is 6.00. The number of aromatic nitrogens is 1. The average molecular weight is 252 g/mol. The number of fused-ring (bicyclic) bond motifs is 1. The maximum absolute atomic E-state index is 12.3. The van der Waals surface area contributed by atoms with E-state index in [1.54, 1.807) is 18.2 Å². The number of imide groups is 1. The van der Waals surface area contributed by atoms with Crippen LogP contribution in [0.5, 0.6) is 0 Å². The van der Waals surface area contributed by atoms with Gasteiger partial charge in [-0.25, -0.2) is 4.90 Å². The Hall–Kier alpha value is -2.49. The summed E-state index contributed by atoms with van der Waals surface area (Å²) in [6, 6.07) is 8.93. The van der Waals surface area contributed by atoms with Crippen LogP contribution in [0.15, 0.2) is 36.5 Å². The van der Waals surface area contributed by atoms with Gasteiger partial charge in [0, 0.05) is 6.20 Å². The van der Waals surface area contributed by atoms with Gasteiger partial charge in [0.05, 0.1) is 11.3 Å². The van der Waals surface area contributed by atoms with Crippen LogP contribution >= 0.6 is 0 Å². The summed E-state index contributed by atoms with van der Waals surface area (Å²) < 4.78 is 0. The molecule has 0 radical (unpaired) electrons. The molecule has 1 aromatic heterocycles. The van der Waals surface area contributed by atoms with Gasteiger partial charge in [0.2, 0.25) is 0 Å². The van der Waals surface area contributed by atoms with Crippen molar-refractivity contribution in [2.24, 2.45) is 0 Å². The molecule has 94 valence electrons. The van der Waals surface area contributed by atoms with Crippen molar-refractivity contribution >= 4 is 17.5 Å². The lowest BCUT2D eigenvalue weighted by atomic mass is 10.1. The fraction of sp³-hybridized carbons (Fsp3) is 0.133. The minimum atomic E-state index is -0.354. The van der Waals surface area contributed by atoms with Gasteiger partial charge < -0.3 is 0 Å². The first-order valence-electron chi connectivity index (χ1n) is 6.00. The van der Waals surface area contributed by atoms with Gasteiger partial charge in [0.1, 0.15) is 5.69 Å². The van der Waals surface area contributed by atoms with Crippen molar-refractivity contribution in [2.45, 2.75) is 13.8 Å². The van der Waals surface area contributed by atoms with Gasteiger partial charge in [-0.05, 0) is 37.6 Å². The standard InChI is InChI=1S/C15H12N2O2/c1-9-5-6-12(10(2)8-9)17-14(18)11-4-3-7-16-13(11)15(17)19/h3-8H,1-2H3. The molecule has 4 nitrogen and oxygen atoms in total. The second-order valence-corrected chi connectivity index (χ2v) is 4.64. The lowest BCUT2D eigenvalue weighted by Crippen LogP contribution is -2.30. The molecule has 0 bridgehead atoms. The second kappa shape index (κ2) is 4.02. The summed E-state index contributed by atoms with van der Waals surface area (Å²) in [5, 5.41) is 0. The number of aryl methyl sites for hydroxylation is 2. The Morgan fingerprint density at radius 3 is 2.53 bits per heavy atom. The third-order valence-electron chi connectivity index (χ3n) is 3.24. The molecule has 3 rings (SSSR count). The summed E-state index contributed by atoms with van der Waals surface area (Å²) in [7, 11) is 0. The molecule has 19 heavy (non-hydrogen) atoms. The molecule has 0 aliphatic carbocycles. The van der Waals surface area contributed by atoms with E-state index in [0.717, 1.165) is 11.1 Å². The Balaban J connectivity index is 2.14. The van der Waals surface area contributed by atoms with Crippen molar-refractivity contribution in [1.29, 1.82) is 0 Å². The van der Waals surface area contributed by atoms with Crippen molar-refractivity contribution < 1.29 is 9.59 Å². The fourth-order valence-corrected chi connectivity index (χ4v) is 2.34. The van der Waals surface area contributed by atoms with Crippen LogP contribution in [0.2, 0.25) is 0 Å². The third-order valence-corrected chi connectivity index (χ3v) is 3.24. The van der Waals surface area contributed by atoms with E-state index >= 15 is 0 Å². The van der Waals surface area contributed by atoms with Crippen LogP contribution in [0.3, 0.4) is 0 Å². The summed E-state index contributed by atoms with van der Waals surface area (Å²) in [5.41, 5.74) is 3.21. The number of rotatable bonds is 1. The number of amides is 2. The molecule has 0 unspecified atom stereocenters. The minimum Gasteiger partial charge on any atom is -0.268 e. The van der Waals surface area contributed by atoms with Gasteiger partial charge in [-0.2, -0.15) is 0 Å². The monoisotopic (exact) mass is 252 g/mol. The van der Waals surface area contributed by atoms with E-state index in [-0.39, 0.29) is 17.5 Å². The van der Waals surface area contributed by atoms with E-state index in [1.165, 1.54) is 11.1 Å². The first-order chi connectivity index (χ1) is 9.09. The maximum atomic E-state index is 12.3. The second-order valence-electron chi connectivity index (χ2n) is 4.64. The van der Waals surface area contributed by atoms with Crippen molar-refractivity contribution in [3.63, 3.8) is 0 Å². The van der Waals surface area contributed by atoms with E-state index < -0.39 is 0 Å². The molecule has 1 aliphatic rings. The number of nitrogens with zero attached hydrogens (tertiary/aromatic N) is 2. The highest BCUT2D eigenvalue weighted by atomic mass is 16.2. The predicted octanol–water partition coefficient (Wildman–Crippen LogP) is 2.50. The number of carbonyl (C=O) groups is 2. The average Bonchev–Trinajstić information content (AvgIpc) is 2.64. The quantitative estimate of drug-likeness (QED) is 0.733. The van der Waals surface area contributed by atoms with Gasteiger partial charge in [-0.15, -0.1) is 0 Å². The summed E-state index contributed by atoms with van der Waals surface area (Å²) in [6.07, 6.45) is 1.52. The Bertz CT molecular complexity index is 672. The summed E-state index contributed by atoms with van der Waals surface area (Å²) in [5.74, 6) is -0.660. The van der Waals surface area contributed by atoms with Crippen LogP contribution in [-0.4, -0.2) is 16.8 Å². The topological polar surface area (TPSA) is 50.3 Å². The van der Waals surface area contributed by atoms with Gasteiger partial charge in [0.15, 0.2) is 0 Å². The van der Waals surface area contributed by atoms with Crippen LogP contribution in [0, 0.1) is 13.8 Å². The van der Waals surface area contributed by atoms with Crippen LogP contribution in [-0.2, 0) is 0 Å². The van der Waals surface area contributed by atoms with Crippen molar-refractivity contribution in [3.8, 4) is 0 Å². The molecule has 2 heterocycles. The zero-order chi connectivity index (χ0) is 13.6. The summed E-state index contributed by atoms with van der Waals surface area (Å²) in [4.78, 5) is 29.8. The van der Waals surface area contributed by atoms with E-state index in [1.807, 2.05) is 26.0 Å². The van der Waals surface area contributed by atoms with Crippen LogP contribution < -0.4 is 4.90 Å². The molecule has 0 saturated heterocycles. The maximum Gasteiger partial charge on any atom is 0.284 e. The van der Waals surface area contributed by atoms with Gasteiger partial charge in [0.25, 0.3) is 11.8 Å². The number of anilines is 1. The van der Waals surface area contributed by atoms with Crippen molar-refractivity contribution in [2.75, 3.05) is 4.90 Å². The Morgan fingerprint density at radius 2 is 1.84 bits per heavy atom. The number of carbonyl (C=O) groups excluding carboxylic acids is 2. The zero-order valence-corrected chi connectivity index (χ0v) is 10.7. The highest BCUT2D eigenvalue weighted by molar-refractivity contribution is 6.33. The molecule has 0 saturated carbocycles. The Kier molecular flexibility index (Phi) is 2.45. The molecule has 0 N–H and O–H groups in total. The zero-order valence-electron chi connectivity index (χ0n) is 10.7. The molecule has 0 spiro atoms. The molecule has 0 fully saturated rings. The van der Waals surface area contributed by atoms with E-state index in [0.29, 0.717) is 11.3 Å². The predicted molar refractivity (Wildman–Crippen MR) is 71.3 cm³/mol. The third kappa shape index (κ3) is 1.64. The highest BCUT2D eigenvalue weighted by Crippen LogP contribution is 2.29. The molecule has 2 amide bonds. The summed E-state index contributed by atoms with van der Waals surface area (Å²) in [6.45, 7) is 3.86. The number of hydrogen-bond acceptors (Lipinski definition) is 3. The molecule has 0 atom stereocenters. The van der Waals surface area contributed by atoms with E-state index in [4.69, 9.17) is 0 Å². The smallest absolute Gasteiger partial charge is 0.268 e. The Labute approximate surface area is 110 Å². The SMILES string of the molecule is Cc1ccc(N2C(=O)c3cccnc3C2=O)c(C)c1. The van der Waals surface area contributed by atoms with Crippen LogP contribution in [0.25, 0.3) is 0 Å². The minimum absolute atomic E-state index is 0.229. The molecular weight excluding hydrogens is 240 g/mol. The van der Waals surface area contributed by atoms with Gasteiger partial charge in [-0.1, -0.05) is 17.7 Å². The van der Waals surface area contributed by atoms with Gasteiger partial charge >= 0.3 is 0 Å². The largest absolute Gasteiger partial charge is 0.284 e. The van der Waals surface area contributed by atoms with Crippen LogP contribution in [0.1, 0.15) is 32.0 Å². The first kappa shape index (κ1) is 11.6. The number of pyridine rings is 1. The van der Waals surface area contributed by atoms with Crippen LogP contribution in [0.4, 0.5) is 5.69 Å². The van der Waals surface area contributed by atoms with E-state index in [2.05, 4.69) is 4.98 Å². The highest BCUT2D eigenvalue weighted by Gasteiger charge is 2.38. The van der Waals surface area contributed by atoms with Crippen molar-refractivity contribution in [3.05, 3.63) is 58.9 Å². The molecule has 1 aliphatic heterocycles. The van der Waals surface area contributed by atoms with Gasteiger partial charge in [-0.3, -0.25) is 14.6 Å². The normalized spacial score (nSPS) is 13.9. The van der Waals surface area contributed by atoms with Crippen molar-refractivity contribution in [1.82, 2.24) is 4.98 Å². The molecule has 1 aromatic carbocycles.